The fourth-order valence-electron chi connectivity index (χ4n) is 4.49. The Balaban J connectivity index is 1.42. The molecule has 3 aliphatic heterocycles. The zero-order valence-corrected chi connectivity index (χ0v) is 18.2. The first-order chi connectivity index (χ1) is 15.9. The van der Waals surface area contributed by atoms with E-state index in [0.29, 0.717) is 12.5 Å². The number of carbonyl (C=O) groups is 4. The van der Waals surface area contributed by atoms with Gasteiger partial charge in [0.1, 0.15) is 12.4 Å². The third-order valence-electron chi connectivity index (χ3n) is 6.12. The molecule has 2 N–H and O–H groups in total. The van der Waals surface area contributed by atoms with Crippen LogP contribution in [-0.2, 0) is 16.1 Å². The Morgan fingerprint density at radius 3 is 2.64 bits per heavy atom. The molecule has 4 heterocycles. The number of hydrogen-bond acceptors (Lipinski definition) is 9. The Morgan fingerprint density at radius 2 is 1.91 bits per heavy atom. The van der Waals surface area contributed by atoms with Crippen molar-refractivity contribution in [3.05, 3.63) is 46.5 Å². The van der Waals surface area contributed by atoms with Gasteiger partial charge in [-0.2, -0.15) is 4.98 Å². The Hall–Kier alpha value is -3.44. The van der Waals surface area contributed by atoms with E-state index >= 15 is 0 Å². The van der Waals surface area contributed by atoms with Crippen molar-refractivity contribution in [3.8, 4) is 0 Å². The Morgan fingerprint density at radius 1 is 1.09 bits per heavy atom. The molecule has 12 heteroatoms. The summed E-state index contributed by atoms with van der Waals surface area (Å²) in [5.74, 6) is -1.68. The van der Waals surface area contributed by atoms with E-state index < -0.39 is 29.7 Å². The summed E-state index contributed by atoms with van der Waals surface area (Å²) in [6.07, 6.45) is 2.43. The first kappa shape index (κ1) is 21.4. The van der Waals surface area contributed by atoms with Crippen molar-refractivity contribution in [2.75, 3.05) is 18.0 Å². The average Bonchev–Trinajstić information content (AvgIpc) is 3.40. The highest BCUT2D eigenvalue weighted by Gasteiger charge is 2.44. The molecule has 5 rings (SSSR count). The highest BCUT2D eigenvalue weighted by molar-refractivity contribution is 6.28. The van der Waals surface area contributed by atoms with E-state index in [4.69, 9.17) is 11.6 Å². The molecule has 11 nitrogen and oxygen atoms in total. The summed E-state index contributed by atoms with van der Waals surface area (Å²) in [4.78, 5) is 65.0. The van der Waals surface area contributed by atoms with Gasteiger partial charge in [0, 0.05) is 25.6 Å². The fourth-order valence-corrected chi connectivity index (χ4v) is 4.61. The Labute approximate surface area is 193 Å². The van der Waals surface area contributed by atoms with Crippen LogP contribution in [-0.4, -0.2) is 68.7 Å². The van der Waals surface area contributed by atoms with Gasteiger partial charge in [0.25, 0.3) is 11.8 Å². The van der Waals surface area contributed by atoms with Crippen LogP contribution in [0.3, 0.4) is 0 Å². The molecule has 1 aromatic carbocycles. The molecule has 170 valence electrons. The number of carbonyl (C=O) groups excluding carboxylic acids is 4. The number of rotatable bonds is 5. The normalized spacial score (nSPS) is 22.5. The number of fused-ring (bicyclic) bond motifs is 1. The van der Waals surface area contributed by atoms with Gasteiger partial charge in [-0.3, -0.25) is 29.4 Å². The van der Waals surface area contributed by atoms with Crippen LogP contribution in [0.4, 0.5) is 5.95 Å². The quantitative estimate of drug-likeness (QED) is 0.592. The van der Waals surface area contributed by atoms with Crippen molar-refractivity contribution in [1.82, 2.24) is 30.5 Å². The third kappa shape index (κ3) is 3.93. The molecule has 0 aliphatic carbocycles. The first-order valence-corrected chi connectivity index (χ1v) is 11.0. The highest BCUT2D eigenvalue weighted by Crippen LogP contribution is 2.29. The Kier molecular flexibility index (Phi) is 5.51. The number of halogens is 1. The predicted octanol–water partition coefficient (Wildman–Crippen LogP) is 0.295. The number of hydrogen-bond donors (Lipinski definition) is 2. The lowest BCUT2D eigenvalue weighted by molar-refractivity contribution is -0.136. The minimum atomic E-state index is -0.994. The SMILES string of the molecule is O=C1CCC(N2C(=O)c3ccc(CN(c4ncnc(Cl)n4)C4CCNC4)cc3C2=O)C(=O)N1. The minimum Gasteiger partial charge on any atom is -0.332 e. The predicted molar refractivity (Wildman–Crippen MR) is 115 cm³/mol. The highest BCUT2D eigenvalue weighted by atomic mass is 35.5. The van der Waals surface area contributed by atoms with Crippen LogP contribution in [0.1, 0.15) is 45.5 Å². The summed E-state index contributed by atoms with van der Waals surface area (Å²) in [7, 11) is 0. The van der Waals surface area contributed by atoms with E-state index in [0.717, 1.165) is 30.0 Å². The zero-order chi connectivity index (χ0) is 23.1. The van der Waals surface area contributed by atoms with E-state index in [1.807, 2.05) is 4.90 Å². The summed E-state index contributed by atoms with van der Waals surface area (Å²) in [5, 5.41) is 5.60. The standard InChI is InChI=1S/C21H20ClN7O4/c22-20-24-10-25-21(27-20)28(12-5-6-23-8-12)9-11-1-2-13-14(7-11)19(33)29(18(13)32)15-3-4-16(30)26-17(15)31/h1-2,7,10,12,15,23H,3-6,8-9H2,(H,26,30,31). The smallest absolute Gasteiger partial charge is 0.262 e. The maximum absolute atomic E-state index is 13.1. The minimum absolute atomic E-state index is 0.0773. The fraction of sp³-hybridized carbons (Fsp3) is 0.381. The van der Waals surface area contributed by atoms with Gasteiger partial charge in [-0.1, -0.05) is 6.07 Å². The molecule has 2 unspecified atom stereocenters. The summed E-state index contributed by atoms with van der Waals surface area (Å²) in [6.45, 7) is 1.99. The number of benzene rings is 1. The number of piperidine rings is 1. The van der Waals surface area contributed by atoms with Gasteiger partial charge >= 0.3 is 0 Å². The second kappa shape index (κ2) is 8.49. The van der Waals surface area contributed by atoms with Crippen LogP contribution in [0.25, 0.3) is 0 Å². The van der Waals surface area contributed by atoms with E-state index in [1.165, 1.54) is 6.33 Å². The van der Waals surface area contributed by atoms with Gasteiger partial charge in [0.2, 0.25) is 23.0 Å². The molecule has 2 aromatic rings. The summed E-state index contributed by atoms with van der Waals surface area (Å²) in [5.41, 5.74) is 1.26. The largest absolute Gasteiger partial charge is 0.332 e. The second-order valence-corrected chi connectivity index (χ2v) is 8.49. The molecule has 4 amide bonds. The molecule has 2 atom stereocenters. The van der Waals surface area contributed by atoms with Gasteiger partial charge in [-0.05, 0) is 48.7 Å². The van der Waals surface area contributed by atoms with Gasteiger partial charge in [-0.25, -0.2) is 9.97 Å². The van der Waals surface area contributed by atoms with Crippen molar-refractivity contribution in [2.24, 2.45) is 0 Å². The second-order valence-electron chi connectivity index (χ2n) is 8.16. The topological polar surface area (TPSA) is 137 Å². The van der Waals surface area contributed by atoms with E-state index in [1.54, 1.807) is 18.2 Å². The van der Waals surface area contributed by atoms with Crippen LogP contribution >= 0.6 is 11.6 Å². The third-order valence-corrected chi connectivity index (χ3v) is 6.30. The van der Waals surface area contributed by atoms with E-state index in [-0.39, 0.29) is 35.3 Å². The summed E-state index contributed by atoms with van der Waals surface area (Å²) < 4.78 is 0. The zero-order valence-electron chi connectivity index (χ0n) is 17.5. The molecule has 2 fully saturated rings. The van der Waals surface area contributed by atoms with E-state index in [9.17, 15) is 19.2 Å². The summed E-state index contributed by atoms with van der Waals surface area (Å²) in [6, 6.07) is 4.17. The summed E-state index contributed by atoms with van der Waals surface area (Å²) >= 11 is 5.98. The monoisotopic (exact) mass is 469 g/mol. The van der Waals surface area contributed by atoms with Crippen LogP contribution < -0.4 is 15.5 Å². The lowest BCUT2D eigenvalue weighted by Gasteiger charge is -2.28. The van der Waals surface area contributed by atoms with Gasteiger partial charge < -0.3 is 10.2 Å². The van der Waals surface area contributed by atoms with Crippen LogP contribution in [0, 0.1) is 0 Å². The molecular weight excluding hydrogens is 450 g/mol. The van der Waals surface area contributed by atoms with Crippen LogP contribution in [0.5, 0.6) is 0 Å². The van der Waals surface area contributed by atoms with Crippen molar-refractivity contribution in [3.63, 3.8) is 0 Å². The lowest BCUT2D eigenvalue weighted by Crippen LogP contribution is -2.54. The molecule has 2 saturated heterocycles. The van der Waals surface area contributed by atoms with Gasteiger partial charge in [0.15, 0.2) is 0 Å². The molecule has 0 spiro atoms. The van der Waals surface area contributed by atoms with Crippen LogP contribution in [0.2, 0.25) is 5.28 Å². The van der Waals surface area contributed by atoms with E-state index in [2.05, 4.69) is 25.6 Å². The average molecular weight is 470 g/mol. The molecule has 0 saturated carbocycles. The van der Waals surface area contributed by atoms with Crippen molar-refractivity contribution in [2.45, 2.75) is 37.9 Å². The van der Waals surface area contributed by atoms with Crippen molar-refractivity contribution < 1.29 is 19.2 Å². The molecular formula is C21H20ClN7O4. The maximum Gasteiger partial charge on any atom is 0.262 e. The first-order valence-electron chi connectivity index (χ1n) is 10.6. The maximum atomic E-state index is 13.1. The number of nitrogens with one attached hydrogen (secondary N) is 2. The molecule has 0 radical (unpaired) electrons. The number of aromatic nitrogens is 3. The molecule has 1 aromatic heterocycles. The lowest BCUT2D eigenvalue weighted by atomic mass is 10.0. The number of anilines is 1. The molecule has 33 heavy (non-hydrogen) atoms. The van der Waals surface area contributed by atoms with Crippen molar-refractivity contribution in [1.29, 1.82) is 0 Å². The van der Waals surface area contributed by atoms with Crippen molar-refractivity contribution >= 4 is 41.2 Å². The molecule has 3 aliphatic rings. The number of imide groups is 2. The van der Waals surface area contributed by atoms with Crippen LogP contribution in [0.15, 0.2) is 24.5 Å². The van der Waals surface area contributed by atoms with Gasteiger partial charge in [0.05, 0.1) is 11.1 Å². The molecule has 0 bridgehead atoms. The van der Waals surface area contributed by atoms with Gasteiger partial charge in [-0.15, -0.1) is 0 Å². The number of amides is 4. The Bertz CT molecular complexity index is 1170. The number of nitrogens with zero attached hydrogens (tertiary/aromatic N) is 5.